The first kappa shape index (κ1) is 21.3. The SMILES string of the molecule is O=C1CCCN(CCC(O)Cc2cccc(C(F)(F)F)c2)N1Cc1[c]cccc1. The van der Waals surface area contributed by atoms with Crippen LogP contribution in [0.3, 0.4) is 0 Å². The van der Waals surface area contributed by atoms with Gasteiger partial charge in [0.15, 0.2) is 0 Å². The maximum atomic E-state index is 12.8. The zero-order valence-electron chi connectivity index (χ0n) is 16.0. The van der Waals surface area contributed by atoms with Crippen LogP contribution in [0.15, 0.2) is 48.5 Å². The Hall–Kier alpha value is -2.38. The summed E-state index contributed by atoms with van der Waals surface area (Å²) >= 11 is 0. The molecule has 3 rings (SSSR count). The standard InChI is InChI=1S/C22H24F3N2O2/c23-22(24,25)19-9-4-8-18(14-19)15-20(28)11-13-26-12-5-10-21(29)27(26)16-17-6-2-1-3-7-17/h1-4,6,8-9,14,20,28H,5,10-13,15-16H2. The summed E-state index contributed by atoms with van der Waals surface area (Å²) in [7, 11) is 0. The normalized spacial score (nSPS) is 16.8. The van der Waals surface area contributed by atoms with Crippen LogP contribution in [0.4, 0.5) is 13.2 Å². The third kappa shape index (κ3) is 6.05. The van der Waals surface area contributed by atoms with Crippen LogP contribution in [0.25, 0.3) is 0 Å². The molecule has 1 radical (unpaired) electrons. The van der Waals surface area contributed by atoms with Crippen LogP contribution in [0, 0.1) is 6.07 Å². The number of benzene rings is 2. The number of hydrogen-bond acceptors (Lipinski definition) is 3. The molecule has 4 nitrogen and oxygen atoms in total. The highest BCUT2D eigenvalue weighted by atomic mass is 19.4. The average molecular weight is 405 g/mol. The third-order valence-corrected chi connectivity index (χ3v) is 4.98. The summed E-state index contributed by atoms with van der Waals surface area (Å²) in [6.45, 7) is 1.58. The van der Waals surface area contributed by atoms with Gasteiger partial charge in [0.1, 0.15) is 0 Å². The van der Waals surface area contributed by atoms with Crippen LogP contribution < -0.4 is 0 Å². The van der Waals surface area contributed by atoms with E-state index in [4.69, 9.17) is 0 Å². The number of hydrogen-bond donors (Lipinski definition) is 1. The van der Waals surface area contributed by atoms with Crippen LogP contribution in [0.5, 0.6) is 0 Å². The van der Waals surface area contributed by atoms with Crippen molar-refractivity contribution in [3.8, 4) is 0 Å². The lowest BCUT2D eigenvalue weighted by Gasteiger charge is -2.39. The molecule has 0 saturated carbocycles. The van der Waals surface area contributed by atoms with E-state index in [0.29, 0.717) is 38.0 Å². The molecule has 2 aromatic carbocycles. The molecular formula is C22H24F3N2O2. The Balaban J connectivity index is 1.58. The number of hydrazine groups is 1. The van der Waals surface area contributed by atoms with Crippen molar-refractivity contribution >= 4 is 5.91 Å². The lowest BCUT2D eigenvalue weighted by atomic mass is 10.0. The monoisotopic (exact) mass is 405 g/mol. The molecule has 7 heteroatoms. The summed E-state index contributed by atoms with van der Waals surface area (Å²) in [4.78, 5) is 12.4. The Kier molecular flexibility index (Phi) is 6.92. The van der Waals surface area contributed by atoms with Gasteiger partial charge in [-0.05, 0) is 42.5 Å². The first-order valence-electron chi connectivity index (χ1n) is 9.68. The van der Waals surface area contributed by atoms with Crippen molar-refractivity contribution in [3.05, 3.63) is 71.3 Å². The number of amides is 1. The second kappa shape index (κ2) is 9.41. The van der Waals surface area contributed by atoms with Crippen molar-refractivity contribution < 1.29 is 23.1 Å². The van der Waals surface area contributed by atoms with Crippen molar-refractivity contribution in [2.24, 2.45) is 0 Å². The van der Waals surface area contributed by atoms with Crippen molar-refractivity contribution in [1.82, 2.24) is 10.0 Å². The van der Waals surface area contributed by atoms with E-state index in [1.165, 1.54) is 6.07 Å². The van der Waals surface area contributed by atoms with Crippen LogP contribution >= 0.6 is 0 Å². The molecule has 1 aliphatic heterocycles. The van der Waals surface area contributed by atoms with Gasteiger partial charge in [0.2, 0.25) is 5.91 Å². The van der Waals surface area contributed by atoms with Crippen molar-refractivity contribution in [3.63, 3.8) is 0 Å². The summed E-state index contributed by atoms with van der Waals surface area (Å²) in [6, 6.07) is 15.6. The highest BCUT2D eigenvalue weighted by Gasteiger charge is 2.30. The first-order valence-corrected chi connectivity index (χ1v) is 9.68. The number of alkyl halides is 3. The number of halogens is 3. The minimum atomic E-state index is -4.40. The molecule has 1 saturated heterocycles. The molecule has 0 aromatic heterocycles. The Labute approximate surface area is 168 Å². The zero-order chi connectivity index (χ0) is 20.9. The van der Waals surface area contributed by atoms with Crippen LogP contribution in [-0.2, 0) is 23.9 Å². The van der Waals surface area contributed by atoms with Gasteiger partial charge in [-0.15, -0.1) is 0 Å². The number of rotatable bonds is 7. The van der Waals surface area contributed by atoms with Gasteiger partial charge in [0.05, 0.1) is 18.2 Å². The fraction of sp³-hybridized carbons (Fsp3) is 0.409. The molecule has 0 spiro atoms. The number of carbonyl (C=O) groups excluding carboxylic acids is 1. The van der Waals surface area contributed by atoms with Gasteiger partial charge in [0, 0.05) is 19.5 Å². The molecule has 1 fully saturated rings. The van der Waals surface area contributed by atoms with Gasteiger partial charge in [-0.25, -0.2) is 5.01 Å². The van der Waals surface area contributed by atoms with E-state index in [-0.39, 0.29) is 12.3 Å². The van der Waals surface area contributed by atoms with E-state index in [0.717, 1.165) is 24.1 Å². The van der Waals surface area contributed by atoms with E-state index in [2.05, 4.69) is 6.07 Å². The van der Waals surface area contributed by atoms with E-state index in [1.807, 2.05) is 23.2 Å². The fourth-order valence-electron chi connectivity index (χ4n) is 3.48. The predicted octanol–water partition coefficient (Wildman–Crippen LogP) is 3.84. The van der Waals surface area contributed by atoms with E-state index >= 15 is 0 Å². The quantitative estimate of drug-likeness (QED) is 0.761. The van der Waals surface area contributed by atoms with Crippen molar-refractivity contribution in [1.29, 1.82) is 0 Å². The van der Waals surface area contributed by atoms with Gasteiger partial charge in [-0.2, -0.15) is 13.2 Å². The molecule has 1 heterocycles. The van der Waals surface area contributed by atoms with Gasteiger partial charge >= 0.3 is 6.18 Å². The Morgan fingerprint density at radius 2 is 2.00 bits per heavy atom. The predicted molar refractivity (Wildman–Crippen MR) is 102 cm³/mol. The van der Waals surface area contributed by atoms with Gasteiger partial charge in [0.25, 0.3) is 0 Å². The molecule has 1 aliphatic rings. The van der Waals surface area contributed by atoms with Crippen molar-refractivity contribution in [2.45, 2.75) is 44.5 Å². The molecule has 0 aliphatic carbocycles. The molecule has 2 aromatic rings. The van der Waals surface area contributed by atoms with E-state index in [9.17, 15) is 23.1 Å². The highest BCUT2D eigenvalue weighted by molar-refractivity contribution is 5.76. The molecule has 0 bridgehead atoms. The minimum Gasteiger partial charge on any atom is -0.393 e. The average Bonchev–Trinajstić information content (AvgIpc) is 2.69. The van der Waals surface area contributed by atoms with Gasteiger partial charge < -0.3 is 5.11 Å². The topological polar surface area (TPSA) is 43.8 Å². The number of aliphatic hydroxyl groups is 1. The molecule has 1 unspecified atom stereocenters. The van der Waals surface area contributed by atoms with Crippen molar-refractivity contribution in [2.75, 3.05) is 13.1 Å². The lowest BCUT2D eigenvalue weighted by Crippen LogP contribution is -2.50. The Bertz CT molecular complexity index is 811. The summed E-state index contributed by atoms with van der Waals surface area (Å²) in [5.41, 5.74) is 0.629. The first-order chi connectivity index (χ1) is 13.8. The maximum Gasteiger partial charge on any atom is 0.416 e. The van der Waals surface area contributed by atoms with E-state index in [1.54, 1.807) is 17.1 Å². The summed E-state index contributed by atoms with van der Waals surface area (Å²) < 4.78 is 38.5. The smallest absolute Gasteiger partial charge is 0.393 e. The Morgan fingerprint density at radius 3 is 2.72 bits per heavy atom. The summed E-state index contributed by atoms with van der Waals surface area (Å²) in [5.74, 6) is 0.0286. The largest absolute Gasteiger partial charge is 0.416 e. The van der Waals surface area contributed by atoms with Crippen LogP contribution in [0.1, 0.15) is 36.0 Å². The van der Waals surface area contributed by atoms with E-state index < -0.39 is 17.8 Å². The third-order valence-electron chi connectivity index (χ3n) is 4.98. The lowest BCUT2D eigenvalue weighted by molar-refractivity contribution is -0.158. The second-order valence-electron chi connectivity index (χ2n) is 7.24. The summed E-state index contributed by atoms with van der Waals surface area (Å²) in [6.07, 6.45) is -3.46. The highest BCUT2D eigenvalue weighted by Crippen LogP contribution is 2.29. The summed E-state index contributed by atoms with van der Waals surface area (Å²) in [5, 5.41) is 14.0. The second-order valence-corrected chi connectivity index (χ2v) is 7.24. The molecule has 29 heavy (non-hydrogen) atoms. The fourth-order valence-corrected chi connectivity index (χ4v) is 3.48. The molecule has 155 valence electrons. The molecule has 1 N–H and O–H groups in total. The minimum absolute atomic E-state index is 0.0286. The van der Waals surface area contributed by atoms with Crippen LogP contribution in [0.2, 0.25) is 0 Å². The molecular weight excluding hydrogens is 381 g/mol. The zero-order valence-corrected chi connectivity index (χ0v) is 16.0. The van der Waals surface area contributed by atoms with Gasteiger partial charge in [-0.3, -0.25) is 9.80 Å². The Morgan fingerprint density at radius 1 is 1.17 bits per heavy atom. The molecule has 1 amide bonds. The van der Waals surface area contributed by atoms with Crippen LogP contribution in [-0.4, -0.2) is 40.2 Å². The number of nitrogens with zero attached hydrogens (tertiary/aromatic N) is 2. The molecule has 1 atom stereocenters. The number of carbonyl (C=O) groups is 1. The maximum absolute atomic E-state index is 12.8. The van der Waals surface area contributed by atoms with Gasteiger partial charge in [-0.1, -0.05) is 42.5 Å². The number of aliphatic hydroxyl groups excluding tert-OH is 1.